The van der Waals surface area contributed by atoms with Crippen molar-refractivity contribution < 1.29 is 19.1 Å². The monoisotopic (exact) mass is 344 g/mol. The average molecular weight is 344 g/mol. The predicted molar refractivity (Wildman–Crippen MR) is 93.7 cm³/mol. The first-order chi connectivity index (χ1) is 11.9. The first-order valence-corrected chi connectivity index (χ1v) is 9.37. The van der Waals surface area contributed by atoms with Crippen LogP contribution in [-0.4, -0.2) is 23.8 Å². The van der Waals surface area contributed by atoms with Gasteiger partial charge in [-0.15, -0.1) is 0 Å². The summed E-state index contributed by atoms with van der Waals surface area (Å²) in [6.45, 7) is 4.61. The standard InChI is InChI=1S/C21H28O4/c1-14-4-10-21(23)13-20(18(22)24-3)9-6-16(20)17(21)19(14,2)8-5-15-7-11-25-12-15/h6-7,9,11-12,14,16-17,23H,4-5,8,10,13H2,1-3H3/t14-,16+,17-,19+,20+,21-/m1/s1. The van der Waals surface area contributed by atoms with Crippen molar-refractivity contribution in [2.45, 2.75) is 51.6 Å². The fourth-order valence-corrected chi connectivity index (χ4v) is 6.06. The number of carbonyl (C=O) groups is 1. The third-order valence-electron chi connectivity index (χ3n) is 7.68. The Bertz CT molecular complexity index is 693. The van der Waals surface area contributed by atoms with E-state index in [1.807, 2.05) is 12.1 Å². The summed E-state index contributed by atoms with van der Waals surface area (Å²) in [5.41, 5.74) is -0.214. The summed E-state index contributed by atoms with van der Waals surface area (Å²) >= 11 is 0. The van der Waals surface area contributed by atoms with Crippen molar-refractivity contribution in [3.05, 3.63) is 36.3 Å². The molecule has 3 aliphatic carbocycles. The van der Waals surface area contributed by atoms with Crippen LogP contribution in [0.3, 0.4) is 0 Å². The van der Waals surface area contributed by atoms with E-state index in [0.29, 0.717) is 12.3 Å². The minimum atomic E-state index is -0.778. The summed E-state index contributed by atoms with van der Waals surface area (Å²) in [7, 11) is 1.45. The fraction of sp³-hybridized carbons (Fsp3) is 0.667. The Labute approximate surface area is 149 Å². The summed E-state index contributed by atoms with van der Waals surface area (Å²) in [6, 6.07) is 2.01. The van der Waals surface area contributed by atoms with E-state index in [-0.39, 0.29) is 23.2 Å². The smallest absolute Gasteiger partial charge is 0.316 e. The maximum Gasteiger partial charge on any atom is 0.316 e. The molecule has 4 rings (SSSR count). The van der Waals surface area contributed by atoms with Crippen molar-refractivity contribution in [1.29, 1.82) is 0 Å². The number of ether oxygens (including phenoxy) is 1. The first kappa shape index (κ1) is 16.9. The van der Waals surface area contributed by atoms with Gasteiger partial charge in [0.25, 0.3) is 0 Å². The molecule has 0 unspecified atom stereocenters. The molecule has 1 aromatic rings. The number of furan rings is 1. The number of carbonyl (C=O) groups excluding carboxylic acids is 1. The fourth-order valence-electron chi connectivity index (χ4n) is 6.06. The Balaban J connectivity index is 1.67. The van der Waals surface area contributed by atoms with Crippen LogP contribution < -0.4 is 0 Å². The number of fused-ring (bicyclic) bond motifs is 3. The molecule has 0 spiro atoms. The van der Waals surface area contributed by atoms with Crippen molar-refractivity contribution in [2.24, 2.45) is 28.6 Å². The zero-order valence-corrected chi connectivity index (χ0v) is 15.3. The van der Waals surface area contributed by atoms with E-state index in [2.05, 4.69) is 19.9 Å². The highest BCUT2D eigenvalue weighted by molar-refractivity contribution is 5.83. The van der Waals surface area contributed by atoms with Gasteiger partial charge in [-0.3, -0.25) is 4.79 Å². The molecule has 25 heavy (non-hydrogen) atoms. The summed E-state index contributed by atoms with van der Waals surface area (Å²) in [6.07, 6.45) is 11.8. The topological polar surface area (TPSA) is 59.7 Å². The number of hydrogen-bond donors (Lipinski definition) is 1. The highest BCUT2D eigenvalue weighted by Gasteiger charge is 2.71. The average Bonchev–Trinajstić information content (AvgIpc) is 3.16. The van der Waals surface area contributed by atoms with Gasteiger partial charge in [0.2, 0.25) is 0 Å². The van der Waals surface area contributed by atoms with Crippen LogP contribution in [0.4, 0.5) is 0 Å². The van der Waals surface area contributed by atoms with Crippen LogP contribution in [0.5, 0.6) is 0 Å². The number of aryl methyl sites for hydroxylation is 1. The highest BCUT2D eigenvalue weighted by atomic mass is 16.5. The van der Waals surface area contributed by atoms with Crippen LogP contribution in [0, 0.1) is 28.6 Å². The summed E-state index contributed by atoms with van der Waals surface area (Å²) in [5.74, 6) is 0.501. The number of esters is 1. The highest BCUT2D eigenvalue weighted by Crippen LogP contribution is 2.69. The molecular weight excluding hydrogens is 316 g/mol. The molecule has 0 aromatic carbocycles. The Morgan fingerprint density at radius 3 is 2.88 bits per heavy atom. The van der Waals surface area contributed by atoms with E-state index < -0.39 is 11.0 Å². The number of aliphatic hydroxyl groups is 1. The minimum Gasteiger partial charge on any atom is -0.472 e. The predicted octanol–water partition coefficient (Wildman–Crippen LogP) is 3.74. The molecule has 0 bridgehead atoms. The molecule has 4 heteroatoms. The lowest BCUT2D eigenvalue weighted by atomic mass is 9.52. The van der Waals surface area contributed by atoms with E-state index in [4.69, 9.17) is 9.15 Å². The summed E-state index contributed by atoms with van der Waals surface area (Å²) in [5, 5.41) is 11.5. The Morgan fingerprint density at radius 1 is 1.48 bits per heavy atom. The van der Waals surface area contributed by atoms with Crippen molar-refractivity contribution in [1.82, 2.24) is 0 Å². The molecule has 1 heterocycles. The molecule has 136 valence electrons. The molecule has 6 atom stereocenters. The lowest BCUT2D eigenvalue weighted by molar-refractivity contribution is -0.153. The lowest BCUT2D eigenvalue weighted by Gasteiger charge is -2.54. The van der Waals surface area contributed by atoms with Crippen molar-refractivity contribution in [2.75, 3.05) is 7.11 Å². The molecule has 0 radical (unpaired) electrons. The normalized spacial score (nSPS) is 44.7. The van der Waals surface area contributed by atoms with Crippen molar-refractivity contribution >= 4 is 5.97 Å². The van der Waals surface area contributed by atoms with Crippen LogP contribution in [0.15, 0.2) is 35.2 Å². The van der Waals surface area contributed by atoms with Crippen LogP contribution in [0.25, 0.3) is 0 Å². The van der Waals surface area contributed by atoms with Crippen molar-refractivity contribution in [3.8, 4) is 0 Å². The first-order valence-electron chi connectivity index (χ1n) is 9.37. The second-order valence-corrected chi connectivity index (χ2v) is 8.75. The van der Waals surface area contributed by atoms with E-state index in [1.165, 1.54) is 12.7 Å². The molecule has 4 nitrogen and oxygen atoms in total. The Hall–Kier alpha value is -1.55. The molecule has 3 aliphatic rings. The van der Waals surface area contributed by atoms with Crippen LogP contribution in [0.2, 0.25) is 0 Å². The minimum absolute atomic E-state index is 0.0184. The number of hydrogen-bond acceptors (Lipinski definition) is 4. The van der Waals surface area contributed by atoms with Gasteiger partial charge in [0, 0.05) is 11.8 Å². The van der Waals surface area contributed by atoms with E-state index >= 15 is 0 Å². The van der Waals surface area contributed by atoms with E-state index in [1.54, 1.807) is 12.5 Å². The van der Waals surface area contributed by atoms with Gasteiger partial charge in [-0.2, -0.15) is 0 Å². The van der Waals surface area contributed by atoms with Gasteiger partial charge in [-0.05, 0) is 55.1 Å². The van der Waals surface area contributed by atoms with Crippen LogP contribution >= 0.6 is 0 Å². The van der Waals surface area contributed by atoms with Gasteiger partial charge in [0.1, 0.15) is 0 Å². The Kier molecular flexibility index (Phi) is 3.70. The van der Waals surface area contributed by atoms with Gasteiger partial charge >= 0.3 is 5.97 Å². The maximum absolute atomic E-state index is 12.5. The molecule has 1 aromatic heterocycles. The molecular formula is C21H28O4. The zero-order valence-electron chi connectivity index (χ0n) is 15.3. The quantitative estimate of drug-likeness (QED) is 0.668. The number of methoxy groups -OCH3 is 1. The van der Waals surface area contributed by atoms with Gasteiger partial charge in [-0.1, -0.05) is 26.0 Å². The second kappa shape index (κ2) is 5.47. The Morgan fingerprint density at radius 2 is 2.28 bits per heavy atom. The maximum atomic E-state index is 12.5. The molecule has 2 fully saturated rings. The zero-order chi connectivity index (χ0) is 17.9. The van der Waals surface area contributed by atoms with Gasteiger partial charge in [0.05, 0.1) is 30.7 Å². The lowest BCUT2D eigenvalue weighted by Crippen LogP contribution is -2.53. The molecule has 0 aliphatic heterocycles. The van der Waals surface area contributed by atoms with Crippen LogP contribution in [-0.2, 0) is 16.0 Å². The number of allylic oxidation sites excluding steroid dienone is 1. The summed E-state index contributed by atoms with van der Waals surface area (Å²) in [4.78, 5) is 12.5. The third kappa shape index (κ3) is 2.19. The SMILES string of the molecule is COC(=O)[C@]12C=C[C@H]1[C@H]1[C@@](O)(CC[C@@H](C)[C@]1(C)CCc1ccoc1)C2. The van der Waals surface area contributed by atoms with E-state index in [9.17, 15) is 9.90 Å². The number of rotatable bonds is 4. The van der Waals surface area contributed by atoms with Gasteiger partial charge < -0.3 is 14.3 Å². The summed E-state index contributed by atoms with van der Waals surface area (Å²) < 4.78 is 10.3. The van der Waals surface area contributed by atoms with Crippen LogP contribution in [0.1, 0.15) is 45.1 Å². The molecule has 1 N–H and O–H groups in total. The molecule has 0 saturated heterocycles. The molecule has 2 saturated carbocycles. The second-order valence-electron chi connectivity index (χ2n) is 8.75. The van der Waals surface area contributed by atoms with Gasteiger partial charge in [0.15, 0.2) is 0 Å². The van der Waals surface area contributed by atoms with E-state index in [0.717, 1.165) is 25.7 Å². The molecule has 0 amide bonds. The third-order valence-corrected chi connectivity index (χ3v) is 7.68. The van der Waals surface area contributed by atoms with Gasteiger partial charge in [-0.25, -0.2) is 0 Å². The van der Waals surface area contributed by atoms with Crippen molar-refractivity contribution in [3.63, 3.8) is 0 Å². The largest absolute Gasteiger partial charge is 0.472 e.